The third-order valence-electron chi connectivity index (χ3n) is 3.76. The molecular weight excluding hydrogens is 347 g/mol. The zero-order chi connectivity index (χ0) is 18.0. The summed E-state index contributed by atoms with van der Waals surface area (Å²) in [5, 5.41) is 19.9. The number of aliphatic hydroxyl groups is 1. The molecule has 8 heteroatoms. The number of benzene rings is 1. The number of aromatic carboxylic acids is 1. The van der Waals surface area contributed by atoms with E-state index >= 15 is 0 Å². The maximum atomic E-state index is 13.0. The minimum Gasteiger partial charge on any atom is -0.478 e. The first-order valence-corrected chi connectivity index (χ1v) is 8.35. The lowest BCUT2D eigenvalue weighted by Crippen LogP contribution is -2.33. The topological polar surface area (TPSA) is 93.6 Å². The summed E-state index contributed by atoms with van der Waals surface area (Å²) in [4.78, 5) is 28.2. The monoisotopic (exact) mass is 362 g/mol. The minimum absolute atomic E-state index is 0.106. The van der Waals surface area contributed by atoms with Gasteiger partial charge in [0.05, 0.1) is 22.4 Å². The van der Waals surface area contributed by atoms with Gasteiger partial charge in [0.15, 0.2) is 0 Å². The molecule has 0 radical (unpaired) electrons. The number of amides is 1. The quantitative estimate of drug-likeness (QED) is 0.628. The van der Waals surface area contributed by atoms with Gasteiger partial charge in [0.1, 0.15) is 11.5 Å². The molecule has 0 spiro atoms. The Morgan fingerprint density at radius 3 is 2.60 bits per heavy atom. The molecule has 3 N–H and O–H groups in total. The summed E-state index contributed by atoms with van der Waals surface area (Å²) in [5.74, 6) is -1.79. The van der Waals surface area contributed by atoms with Crippen molar-refractivity contribution in [1.29, 1.82) is 0 Å². The van der Waals surface area contributed by atoms with Crippen LogP contribution in [0.3, 0.4) is 0 Å². The summed E-state index contributed by atoms with van der Waals surface area (Å²) in [7, 11) is 0. The highest BCUT2D eigenvalue weighted by Crippen LogP contribution is 2.27. The fourth-order valence-electron chi connectivity index (χ4n) is 2.54. The molecule has 0 unspecified atom stereocenters. The fraction of sp³-hybridized carbons (Fsp3) is 0.176. The van der Waals surface area contributed by atoms with Gasteiger partial charge in [-0.05, 0) is 23.8 Å². The van der Waals surface area contributed by atoms with Crippen LogP contribution in [0.25, 0.3) is 10.2 Å². The van der Waals surface area contributed by atoms with Gasteiger partial charge in [-0.25, -0.2) is 9.18 Å². The number of carboxylic acids is 1. The molecule has 0 saturated carbocycles. The summed E-state index contributed by atoms with van der Waals surface area (Å²) >= 11 is 1.24. The van der Waals surface area contributed by atoms with Crippen LogP contribution in [0.5, 0.6) is 0 Å². The molecule has 130 valence electrons. The highest BCUT2D eigenvalue weighted by molar-refractivity contribution is 7.17. The van der Waals surface area contributed by atoms with Crippen molar-refractivity contribution in [3.8, 4) is 0 Å². The van der Waals surface area contributed by atoms with Crippen LogP contribution in [0.4, 0.5) is 4.39 Å². The van der Waals surface area contributed by atoms with Crippen molar-refractivity contribution in [1.82, 2.24) is 9.88 Å². The third kappa shape index (κ3) is 3.54. The van der Waals surface area contributed by atoms with E-state index in [0.717, 1.165) is 5.56 Å². The van der Waals surface area contributed by atoms with Gasteiger partial charge in [-0.3, -0.25) is 4.79 Å². The smallest absolute Gasteiger partial charge is 0.338 e. The van der Waals surface area contributed by atoms with Gasteiger partial charge < -0.3 is 20.1 Å². The Morgan fingerprint density at radius 2 is 1.96 bits per heavy atom. The summed E-state index contributed by atoms with van der Waals surface area (Å²) in [6.07, 6.45) is 0. The van der Waals surface area contributed by atoms with Crippen LogP contribution >= 0.6 is 11.3 Å². The van der Waals surface area contributed by atoms with Gasteiger partial charge in [0.2, 0.25) is 0 Å². The van der Waals surface area contributed by atoms with Crippen LogP contribution in [0.1, 0.15) is 26.4 Å². The van der Waals surface area contributed by atoms with Gasteiger partial charge in [-0.15, -0.1) is 11.3 Å². The molecule has 0 bridgehead atoms. The average Bonchev–Trinajstić information content (AvgIpc) is 3.16. The summed E-state index contributed by atoms with van der Waals surface area (Å²) in [5.41, 5.74) is 1.50. The standard InChI is InChI=1S/C17H15FN2O4S/c18-11-3-1-10(2-4-11)8-20(5-6-21)16(22)13-7-14-15(19-13)12(9-25-14)17(23)24/h1-4,7,9,19,21H,5-6,8H2,(H,23,24). The minimum atomic E-state index is -1.06. The van der Waals surface area contributed by atoms with Crippen molar-refractivity contribution in [2.24, 2.45) is 0 Å². The zero-order valence-corrected chi connectivity index (χ0v) is 13.8. The first-order valence-electron chi connectivity index (χ1n) is 7.47. The Hall–Kier alpha value is -2.71. The normalized spacial score (nSPS) is 11.0. The average molecular weight is 362 g/mol. The number of H-pyrrole nitrogens is 1. The van der Waals surface area contributed by atoms with Crippen LogP contribution < -0.4 is 0 Å². The molecule has 0 saturated heterocycles. The number of carboxylic acid groups (broad SMARTS) is 1. The van der Waals surface area contributed by atoms with Crippen molar-refractivity contribution in [2.75, 3.05) is 13.2 Å². The summed E-state index contributed by atoms with van der Waals surface area (Å²) < 4.78 is 13.7. The Morgan fingerprint density at radius 1 is 1.24 bits per heavy atom. The van der Waals surface area contributed by atoms with Gasteiger partial charge in [-0.2, -0.15) is 0 Å². The fourth-order valence-corrected chi connectivity index (χ4v) is 3.46. The van der Waals surface area contributed by atoms with Gasteiger partial charge in [0.25, 0.3) is 5.91 Å². The molecule has 0 aliphatic heterocycles. The van der Waals surface area contributed by atoms with Crippen molar-refractivity contribution in [3.05, 3.63) is 58.3 Å². The highest BCUT2D eigenvalue weighted by atomic mass is 32.1. The number of rotatable bonds is 6. The maximum absolute atomic E-state index is 13.0. The SMILES string of the molecule is O=C(O)c1csc2cc(C(=O)N(CCO)Cc3ccc(F)cc3)[nH]c12. The number of nitrogens with zero attached hydrogens (tertiary/aromatic N) is 1. The molecule has 3 rings (SSSR count). The second-order valence-electron chi connectivity index (χ2n) is 5.45. The van der Waals surface area contributed by atoms with Crippen LogP contribution in [0.15, 0.2) is 35.7 Å². The molecule has 0 fully saturated rings. The number of hydrogen-bond acceptors (Lipinski definition) is 4. The van der Waals surface area contributed by atoms with Gasteiger partial charge in [0, 0.05) is 18.5 Å². The molecule has 0 atom stereocenters. The van der Waals surface area contributed by atoms with E-state index < -0.39 is 5.97 Å². The molecule has 0 aliphatic carbocycles. The summed E-state index contributed by atoms with van der Waals surface area (Å²) in [6, 6.07) is 7.36. The van der Waals surface area contributed by atoms with Crippen molar-refractivity contribution < 1.29 is 24.2 Å². The van der Waals surface area contributed by atoms with E-state index in [2.05, 4.69) is 4.98 Å². The number of thiophene rings is 1. The van der Waals surface area contributed by atoms with E-state index in [0.29, 0.717) is 10.2 Å². The Kier molecular flexibility index (Phi) is 4.82. The second kappa shape index (κ2) is 7.04. The number of aromatic amines is 1. The predicted octanol–water partition coefficient (Wildman–Crippen LogP) is 2.70. The van der Waals surface area contributed by atoms with E-state index in [-0.39, 0.29) is 42.7 Å². The number of fused-ring (bicyclic) bond motifs is 1. The van der Waals surface area contributed by atoms with Crippen LogP contribution in [-0.2, 0) is 6.54 Å². The van der Waals surface area contributed by atoms with E-state index in [1.807, 2.05) is 0 Å². The molecule has 2 heterocycles. The van der Waals surface area contributed by atoms with Crippen LogP contribution in [0.2, 0.25) is 0 Å². The molecule has 0 aliphatic rings. The lowest BCUT2D eigenvalue weighted by Gasteiger charge is -2.21. The van der Waals surface area contributed by atoms with E-state index in [9.17, 15) is 19.1 Å². The number of halogens is 1. The lowest BCUT2D eigenvalue weighted by atomic mass is 10.2. The van der Waals surface area contributed by atoms with Gasteiger partial charge >= 0.3 is 5.97 Å². The molecule has 25 heavy (non-hydrogen) atoms. The van der Waals surface area contributed by atoms with E-state index in [4.69, 9.17) is 5.11 Å². The second-order valence-corrected chi connectivity index (χ2v) is 6.36. The number of aromatic nitrogens is 1. The molecule has 3 aromatic rings. The lowest BCUT2D eigenvalue weighted by molar-refractivity contribution is 0.0690. The number of nitrogens with one attached hydrogen (secondary N) is 1. The summed E-state index contributed by atoms with van der Waals surface area (Å²) in [6.45, 7) is 0.0924. The first-order chi connectivity index (χ1) is 12.0. The first kappa shape index (κ1) is 17.1. The van der Waals surface area contributed by atoms with Gasteiger partial charge in [-0.1, -0.05) is 12.1 Å². The molecule has 2 aromatic heterocycles. The number of hydrogen-bond donors (Lipinski definition) is 3. The largest absolute Gasteiger partial charge is 0.478 e. The number of carbonyl (C=O) groups is 2. The van der Waals surface area contributed by atoms with Crippen molar-refractivity contribution in [3.63, 3.8) is 0 Å². The van der Waals surface area contributed by atoms with E-state index in [1.54, 1.807) is 18.2 Å². The highest BCUT2D eigenvalue weighted by Gasteiger charge is 2.21. The zero-order valence-electron chi connectivity index (χ0n) is 13.0. The molecular formula is C17H15FN2O4S. The van der Waals surface area contributed by atoms with Crippen molar-refractivity contribution in [2.45, 2.75) is 6.54 Å². The Balaban J connectivity index is 1.87. The molecule has 1 amide bonds. The Bertz CT molecular complexity index is 917. The van der Waals surface area contributed by atoms with Crippen molar-refractivity contribution >= 4 is 33.4 Å². The maximum Gasteiger partial charge on any atom is 0.338 e. The van der Waals surface area contributed by atoms with Crippen LogP contribution in [0, 0.1) is 5.82 Å². The predicted molar refractivity (Wildman–Crippen MR) is 91.4 cm³/mol. The third-order valence-corrected chi connectivity index (χ3v) is 4.69. The van der Waals surface area contributed by atoms with E-state index in [1.165, 1.54) is 33.7 Å². The number of aliphatic hydroxyl groups excluding tert-OH is 1. The molecule has 6 nitrogen and oxygen atoms in total. The molecule has 1 aromatic carbocycles. The van der Waals surface area contributed by atoms with Crippen LogP contribution in [-0.4, -0.2) is 45.1 Å². The number of carbonyl (C=O) groups excluding carboxylic acids is 1. The Labute approximate surface area is 146 Å².